The van der Waals surface area contributed by atoms with Crippen molar-refractivity contribution in [3.8, 4) is 0 Å². The highest BCUT2D eigenvalue weighted by molar-refractivity contribution is 5.98. The Labute approximate surface area is 167 Å². The summed E-state index contributed by atoms with van der Waals surface area (Å²) in [6.07, 6.45) is 3.37. The van der Waals surface area contributed by atoms with Crippen LogP contribution < -0.4 is 5.73 Å². The number of hydrogen-bond donors (Lipinski definition) is 1. The number of carbonyl (C=O) groups is 1. The Kier molecular flexibility index (Phi) is 3.99. The Morgan fingerprint density at radius 3 is 2.83 bits per heavy atom. The number of nitrogens with zero attached hydrogens (tertiary/aromatic N) is 4. The van der Waals surface area contributed by atoms with Crippen molar-refractivity contribution >= 4 is 28.3 Å². The van der Waals surface area contributed by atoms with Gasteiger partial charge in [-0.3, -0.25) is 9.20 Å². The van der Waals surface area contributed by atoms with Gasteiger partial charge in [0, 0.05) is 12.6 Å². The number of likely N-dealkylation sites (N-methyl/N-ethyl adjacent to an activating group) is 1. The molecule has 2 aromatic carbocycles. The van der Waals surface area contributed by atoms with E-state index in [1.54, 1.807) is 23.5 Å². The lowest BCUT2D eigenvalue weighted by Crippen LogP contribution is -2.37. The zero-order chi connectivity index (χ0) is 20.1. The third-order valence-corrected chi connectivity index (χ3v) is 5.71. The molecule has 0 bridgehead atoms. The van der Waals surface area contributed by atoms with Gasteiger partial charge in [-0.05, 0) is 36.2 Å². The molecule has 2 N–H and O–H groups in total. The van der Waals surface area contributed by atoms with Crippen LogP contribution in [-0.2, 0) is 4.74 Å². The summed E-state index contributed by atoms with van der Waals surface area (Å²) in [7, 11) is 1.82. The van der Waals surface area contributed by atoms with Crippen LogP contribution in [0.1, 0.15) is 40.6 Å². The number of nitrogen functional groups attached to an aromatic ring is 1. The summed E-state index contributed by atoms with van der Waals surface area (Å²) in [4.78, 5) is 23.7. The van der Waals surface area contributed by atoms with Gasteiger partial charge in [0.25, 0.3) is 5.91 Å². The molecule has 0 aliphatic carbocycles. The zero-order valence-electron chi connectivity index (χ0n) is 16.2. The first-order valence-electron chi connectivity index (χ1n) is 9.53. The molecular weight excluding hydrogens is 366 g/mol. The Morgan fingerprint density at radius 2 is 2.00 bits per heavy atom. The fourth-order valence-corrected chi connectivity index (χ4v) is 4.07. The minimum absolute atomic E-state index is 0.0256. The van der Waals surface area contributed by atoms with E-state index in [9.17, 15) is 4.79 Å². The summed E-state index contributed by atoms with van der Waals surface area (Å²) in [5.74, 6) is 0.339. The summed E-state index contributed by atoms with van der Waals surface area (Å²) < 4.78 is 7.78. The third kappa shape index (κ3) is 2.74. The Bertz CT molecular complexity index is 1250. The second kappa shape index (κ2) is 6.56. The number of rotatable bonds is 2. The fourth-order valence-electron chi connectivity index (χ4n) is 4.07. The van der Waals surface area contributed by atoms with Crippen molar-refractivity contribution in [1.29, 1.82) is 0 Å². The molecule has 0 saturated heterocycles. The van der Waals surface area contributed by atoms with Gasteiger partial charge in [0.05, 0.1) is 42.3 Å². The van der Waals surface area contributed by atoms with Crippen LogP contribution in [0.3, 0.4) is 0 Å². The molecule has 0 radical (unpaired) electrons. The number of hydrogen-bond acceptors (Lipinski definition) is 5. The van der Waals surface area contributed by atoms with Gasteiger partial charge in [-0.1, -0.05) is 24.3 Å². The van der Waals surface area contributed by atoms with Crippen molar-refractivity contribution < 1.29 is 9.53 Å². The maximum Gasteiger partial charge on any atom is 0.254 e. The van der Waals surface area contributed by atoms with Crippen molar-refractivity contribution in [2.75, 3.05) is 19.4 Å². The van der Waals surface area contributed by atoms with Gasteiger partial charge >= 0.3 is 0 Å². The average Bonchev–Trinajstić information content (AvgIpc) is 3.24. The molecule has 4 aromatic rings. The second-order valence-corrected chi connectivity index (χ2v) is 7.39. The second-order valence-electron chi connectivity index (χ2n) is 7.39. The summed E-state index contributed by atoms with van der Waals surface area (Å²) in [6.45, 7) is 2.51. The molecule has 1 unspecified atom stereocenters. The predicted molar refractivity (Wildman–Crippen MR) is 111 cm³/mol. The highest BCUT2D eigenvalue weighted by atomic mass is 16.5. The van der Waals surface area contributed by atoms with E-state index in [1.807, 2.05) is 42.6 Å². The van der Waals surface area contributed by atoms with Crippen molar-refractivity contribution in [1.82, 2.24) is 19.3 Å². The number of ether oxygens (including phenoxy) is 1. The summed E-state index contributed by atoms with van der Waals surface area (Å²) in [5.41, 5.74) is 11.1. The van der Waals surface area contributed by atoms with Crippen LogP contribution >= 0.6 is 0 Å². The zero-order valence-corrected chi connectivity index (χ0v) is 16.2. The number of anilines is 1. The van der Waals surface area contributed by atoms with Crippen molar-refractivity contribution in [2.45, 2.75) is 19.1 Å². The van der Waals surface area contributed by atoms with E-state index in [0.29, 0.717) is 23.5 Å². The van der Waals surface area contributed by atoms with E-state index in [0.717, 1.165) is 22.2 Å². The molecule has 2 aromatic heterocycles. The van der Waals surface area contributed by atoms with Gasteiger partial charge in [0.1, 0.15) is 11.3 Å². The van der Waals surface area contributed by atoms with Crippen molar-refractivity contribution in [3.05, 3.63) is 71.7 Å². The van der Waals surface area contributed by atoms with Crippen LogP contribution in [0.25, 0.3) is 16.6 Å². The quantitative estimate of drug-likeness (QED) is 0.570. The number of aromatic nitrogens is 3. The van der Waals surface area contributed by atoms with Crippen LogP contribution in [0.4, 0.5) is 5.82 Å². The van der Waals surface area contributed by atoms with Crippen molar-refractivity contribution in [3.63, 3.8) is 0 Å². The number of amides is 1. The molecule has 0 saturated carbocycles. The third-order valence-electron chi connectivity index (χ3n) is 5.71. The van der Waals surface area contributed by atoms with Crippen LogP contribution in [-0.4, -0.2) is 38.8 Å². The minimum atomic E-state index is -0.136. The van der Waals surface area contributed by atoms with Crippen molar-refractivity contribution in [2.24, 2.45) is 0 Å². The molecule has 0 spiro atoms. The number of benzene rings is 2. The first kappa shape index (κ1) is 17.6. The largest absolute Gasteiger partial charge is 0.382 e. The lowest BCUT2D eigenvalue weighted by atomic mass is 9.93. The Hall–Kier alpha value is -3.45. The van der Waals surface area contributed by atoms with E-state index in [2.05, 4.69) is 22.1 Å². The van der Waals surface area contributed by atoms with Crippen LogP contribution in [0.15, 0.2) is 55.0 Å². The van der Waals surface area contributed by atoms with Crippen LogP contribution in [0.2, 0.25) is 0 Å². The average molecular weight is 387 g/mol. The molecular formula is C22H21N5O2. The molecule has 2 atom stereocenters. The first-order chi connectivity index (χ1) is 14.0. The number of imidazole rings is 1. The molecule has 146 valence electrons. The maximum atomic E-state index is 13.3. The first-order valence-corrected chi connectivity index (χ1v) is 9.53. The van der Waals surface area contributed by atoms with E-state index in [4.69, 9.17) is 10.5 Å². The van der Waals surface area contributed by atoms with Crippen LogP contribution in [0.5, 0.6) is 0 Å². The summed E-state index contributed by atoms with van der Waals surface area (Å²) in [6, 6.07) is 13.5. The molecule has 7 nitrogen and oxygen atoms in total. The summed E-state index contributed by atoms with van der Waals surface area (Å²) in [5, 5.41) is 0. The topological polar surface area (TPSA) is 85.8 Å². The van der Waals surface area contributed by atoms with E-state index in [1.165, 1.54) is 0 Å². The van der Waals surface area contributed by atoms with Gasteiger partial charge in [-0.2, -0.15) is 0 Å². The fraction of sp³-hybridized carbons (Fsp3) is 0.227. The smallest absolute Gasteiger partial charge is 0.254 e. The molecule has 0 fully saturated rings. The Morgan fingerprint density at radius 1 is 1.21 bits per heavy atom. The lowest BCUT2D eigenvalue weighted by molar-refractivity contribution is 0.00494. The van der Waals surface area contributed by atoms with Gasteiger partial charge in [-0.25, -0.2) is 9.97 Å². The molecule has 7 heteroatoms. The molecule has 1 amide bonds. The standard InChI is InChI=1S/C22H21N5O2/c1-13-15-5-3-4-6-16(15)20(11-29-13)26(2)22(28)14-7-8-17-18(9-14)27-12-24-10-19(27)21(23)25-17/h3-10,12-13,20H,11H2,1-2H3,(H2,23,25)/t13?,20-/m1/s1. The molecule has 5 rings (SSSR count). The summed E-state index contributed by atoms with van der Waals surface area (Å²) >= 11 is 0. The molecule has 29 heavy (non-hydrogen) atoms. The van der Waals surface area contributed by atoms with Gasteiger partial charge in [0.15, 0.2) is 0 Å². The number of carbonyl (C=O) groups excluding carboxylic acids is 1. The maximum absolute atomic E-state index is 13.3. The van der Waals surface area contributed by atoms with Gasteiger partial charge in [0.2, 0.25) is 0 Å². The monoisotopic (exact) mass is 387 g/mol. The van der Waals surface area contributed by atoms with Gasteiger partial charge < -0.3 is 15.4 Å². The SMILES string of the molecule is CC1OC[C@@H](N(C)C(=O)c2ccc3nc(N)c4cncn4c3c2)c2ccccc21. The normalized spacial score (nSPS) is 18.7. The van der Waals surface area contributed by atoms with Gasteiger partial charge in [-0.15, -0.1) is 0 Å². The van der Waals surface area contributed by atoms with Crippen LogP contribution in [0, 0.1) is 0 Å². The Balaban J connectivity index is 1.55. The number of nitrogens with two attached hydrogens (primary N) is 1. The predicted octanol–water partition coefficient (Wildman–Crippen LogP) is 3.37. The molecule has 1 aliphatic heterocycles. The molecule has 1 aliphatic rings. The van der Waals surface area contributed by atoms with E-state index >= 15 is 0 Å². The van der Waals surface area contributed by atoms with E-state index in [-0.39, 0.29) is 18.1 Å². The minimum Gasteiger partial charge on any atom is -0.382 e. The lowest BCUT2D eigenvalue weighted by Gasteiger charge is -2.35. The number of fused-ring (bicyclic) bond motifs is 4. The highest BCUT2D eigenvalue weighted by Gasteiger charge is 2.30. The van der Waals surface area contributed by atoms with E-state index < -0.39 is 0 Å². The molecule has 3 heterocycles. The highest BCUT2D eigenvalue weighted by Crippen LogP contribution is 2.35.